The predicted molar refractivity (Wildman–Crippen MR) is 78.2 cm³/mol. The van der Waals surface area contributed by atoms with Crippen molar-refractivity contribution >= 4 is 22.7 Å². The fourth-order valence-corrected chi connectivity index (χ4v) is 2.47. The van der Waals surface area contributed by atoms with Crippen molar-refractivity contribution in [3.05, 3.63) is 47.3 Å². The van der Waals surface area contributed by atoms with Gasteiger partial charge in [-0.25, -0.2) is 4.79 Å². The molecule has 0 amide bonds. The fraction of sp³-hybridized carbons (Fsp3) is 0.133. The zero-order valence-electron chi connectivity index (χ0n) is 11.9. The summed E-state index contributed by atoms with van der Waals surface area (Å²) in [5.74, 6) is -1.70. The molecule has 0 saturated carbocycles. The van der Waals surface area contributed by atoms with Gasteiger partial charge in [0.15, 0.2) is 0 Å². The van der Waals surface area contributed by atoms with Crippen LogP contribution in [-0.2, 0) is 14.1 Å². The molecule has 7 heteroatoms. The van der Waals surface area contributed by atoms with Crippen LogP contribution in [0.5, 0.6) is 5.88 Å². The molecule has 3 rings (SSSR count). The van der Waals surface area contributed by atoms with Gasteiger partial charge in [-0.15, -0.1) is 0 Å². The third-order valence-electron chi connectivity index (χ3n) is 3.61. The van der Waals surface area contributed by atoms with Gasteiger partial charge in [-0.2, -0.15) is 5.10 Å². The van der Waals surface area contributed by atoms with Crippen LogP contribution in [0.15, 0.2) is 30.6 Å². The van der Waals surface area contributed by atoms with Gasteiger partial charge in [-0.05, 0) is 18.2 Å². The highest BCUT2D eigenvalue weighted by Crippen LogP contribution is 2.32. The van der Waals surface area contributed by atoms with Crippen LogP contribution in [0, 0.1) is 0 Å². The zero-order chi connectivity index (χ0) is 16.0. The van der Waals surface area contributed by atoms with Crippen molar-refractivity contribution in [1.82, 2.24) is 14.3 Å². The van der Waals surface area contributed by atoms with Crippen LogP contribution in [0.4, 0.5) is 0 Å². The van der Waals surface area contributed by atoms with Crippen molar-refractivity contribution in [2.45, 2.75) is 0 Å². The van der Waals surface area contributed by atoms with Gasteiger partial charge in [0.25, 0.3) is 0 Å². The van der Waals surface area contributed by atoms with Gasteiger partial charge in [0.05, 0.1) is 28.4 Å². The first-order valence-corrected chi connectivity index (χ1v) is 6.48. The van der Waals surface area contributed by atoms with E-state index in [2.05, 4.69) is 5.10 Å². The lowest BCUT2D eigenvalue weighted by atomic mass is 10.0. The summed E-state index contributed by atoms with van der Waals surface area (Å²) in [6, 6.07) is 4.39. The summed E-state index contributed by atoms with van der Waals surface area (Å²) in [6.45, 7) is 0. The quantitative estimate of drug-likeness (QED) is 0.715. The van der Waals surface area contributed by atoms with E-state index in [-0.39, 0.29) is 17.0 Å². The van der Waals surface area contributed by atoms with Crippen LogP contribution in [0.25, 0.3) is 10.9 Å². The highest BCUT2D eigenvalue weighted by molar-refractivity contribution is 6.18. The molecular formula is C15H13N3O4. The molecule has 0 aliphatic rings. The van der Waals surface area contributed by atoms with Gasteiger partial charge in [0.1, 0.15) is 0 Å². The second-order valence-corrected chi connectivity index (χ2v) is 5.03. The van der Waals surface area contributed by atoms with E-state index in [1.165, 1.54) is 27.6 Å². The van der Waals surface area contributed by atoms with Gasteiger partial charge in [0, 0.05) is 25.7 Å². The molecule has 0 atom stereocenters. The smallest absolute Gasteiger partial charge is 0.335 e. The minimum absolute atomic E-state index is 0.0540. The van der Waals surface area contributed by atoms with E-state index in [0.717, 1.165) is 0 Å². The van der Waals surface area contributed by atoms with Crippen molar-refractivity contribution in [3.8, 4) is 5.88 Å². The van der Waals surface area contributed by atoms with E-state index in [1.807, 2.05) is 0 Å². The summed E-state index contributed by atoms with van der Waals surface area (Å²) in [5, 5.41) is 23.7. The van der Waals surface area contributed by atoms with E-state index in [1.54, 1.807) is 26.4 Å². The number of aromatic carboxylic acids is 1. The van der Waals surface area contributed by atoms with Crippen LogP contribution < -0.4 is 0 Å². The van der Waals surface area contributed by atoms with Gasteiger partial charge in [-0.3, -0.25) is 9.48 Å². The maximum absolute atomic E-state index is 12.6. The minimum Gasteiger partial charge on any atom is -0.494 e. The van der Waals surface area contributed by atoms with Gasteiger partial charge >= 0.3 is 5.97 Å². The molecule has 0 aliphatic carbocycles. The second-order valence-electron chi connectivity index (χ2n) is 5.03. The van der Waals surface area contributed by atoms with Crippen molar-refractivity contribution in [2.24, 2.45) is 14.1 Å². The largest absolute Gasteiger partial charge is 0.494 e. The Hall–Kier alpha value is -3.09. The van der Waals surface area contributed by atoms with Crippen molar-refractivity contribution in [2.75, 3.05) is 0 Å². The van der Waals surface area contributed by atoms with Gasteiger partial charge < -0.3 is 14.8 Å². The summed E-state index contributed by atoms with van der Waals surface area (Å²) >= 11 is 0. The Kier molecular flexibility index (Phi) is 2.98. The normalized spacial score (nSPS) is 11.0. The van der Waals surface area contributed by atoms with Crippen LogP contribution in [0.1, 0.15) is 26.3 Å². The summed E-state index contributed by atoms with van der Waals surface area (Å²) in [4.78, 5) is 23.7. The molecule has 7 nitrogen and oxygen atoms in total. The Morgan fingerprint density at radius 3 is 2.50 bits per heavy atom. The molecule has 3 aromatic rings. The van der Waals surface area contributed by atoms with Gasteiger partial charge in [0.2, 0.25) is 11.7 Å². The number of carbonyl (C=O) groups excluding carboxylic acids is 1. The predicted octanol–water partition coefficient (Wildman–Crippen LogP) is 1.55. The molecule has 2 N–H and O–H groups in total. The van der Waals surface area contributed by atoms with E-state index in [4.69, 9.17) is 5.11 Å². The summed E-state index contributed by atoms with van der Waals surface area (Å²) in [6.07, 6.45) is 2.95. The molecule has 0 fully saturated rings. The van der Waals surface area contributed by atoms with E-state index < -0.39 is 11.8 Å². The first kappa shape index (κ1) is 13.9. The Balaban J connectivity index is 2.27. The molecule has 22 heavy (non-hydrogen) atoms. The lowest BCUT2D eigenvalue weighted by Gasteiger charge is -1.99. The molecule has 0 bridgehead atoms. The topological polar surface area (TPSA) is 97.4 Å². The number of carbonyl (C=O) groups is 2. The number of benzene rings is 1. The maximum atomic E-state index is 12.6. The summed E-state index contributed by atoms with van der Waals surface area (Å²) in [5.41, 5.74) is 1.03. The maximum Gasteiger partial charge on any atom is 0.335 e. The molecule has 2 heterocycles. The van der Waals surface area contributed by atoms with Crippen LogP contribution in [0.3, 0.4) is 0 Å². The SMILES string of the molecule is Cn1cc(C(=O)c2c(O)n(C)c3ccc(C(=O)O)cc23)cn1. The van der Waals surface area contributed by atoms with Crippen molar-refractivity contribution < 1.29 is 19.8 Å². The molecule has 0 aliphatic heterocycles. The van der Waals surface area contributed by atoms with E-state index >= 15 is 0 Å². The lowest BCUT2D eigenvalue weighted by Crippen LogP contribution is -2.01. The van der Waals surface area contributed by atoms with Crippen molar-refractivity contribution in [3.63, 3.8) is 0 Å². The number of aryl methyl sites for hydroxylation is 2. The zero-order valence-corrected chi connectivity index (χ0v) is 11.9. The minimum atomic E-state index is -1.09. The number of hydrogen-bond acceptors (Lipinski definition) is 4. The van der Waals surface area contributed by atoms with E-state index in [9.17, 15) is 14.7 Å². The Morgan fingerprint density at radius 1 is 1.18 bits per heavy atom. The molecule has 0 radical (unpaired) electrons. The first-order chi connectivity index (χ1) is 10.4. The average Bonchev–Trinajstić information content (AvgIpc) is 3.02. The fourth-order valence-electron chi connectivity index (χ4n) is 2.47. The third-order valence-corrected chi connectivity index (χ3v) is 3.61. The van der Waals surface area contributed by atoms with Crippen LogP contribution in [0.2, 0.25) is 0 Å². The number of ketones is 1. The molecular weight excluding hydrogens is 286 g/mol. The molecule has 2 aromatic heterocycles. The first-order valence-electron chi connectivity index (χ1n) is 6.48. The molecule has 0 unspecified atom stereocenters. The highest BCUT2D eigenvalue weighted by Gasteiger charge is 2.23. The Bertz CT molecular complexity index is 920. The number of rotatable bonds is 3. The number of aromatic hydroxyl groups is 1. The molecule has 112 valence electrons. The standard InChI is InChI=1S/C15H13N3O4/c1-17-7-9(6-16-17)13(19)12-10-5-8(15(21)22)3-4-11(10)18(2)14(12)20/h3-7,20H,1-2H3,(H,21,22). The Labute approximate surface area is 125 Å². The number of nitrogens with zero attached hydrogens (tertiary/aromatic N) is 3. The second kappa shape index (κ2) is 4.73. The van der Waals surface area contributed by atoms with E-state index in [0.29, 0.717) is 16.5 Å². The Morgan fingerprint density at radius 2 is 1.91 bits per heavy atom. The molecule has 0 saturated heterocycles. The van der Waals surface area contributed by atoms with Crippen LogP contribution >= 0.6 is 0 Å². The highest BCUT2D eigenvalue weighted by atomic mass is 16.4. The summed E-state index contributed by atoms with van der Waals surface area (Å²) < 4.78 is 2.93. The number of carboxylic acid groups (broad SMARTS) is 1. The monoisotopic (exact) mass is 299 g/mol. The van der Waals surface area contributed by atoms with Crippen LogP contribution in [-0.4, -0.2) is 36.3 Å². The number of aromatic nitrogens is 3. The lowest BCUT2D eigenvalue weighted by molar-refractivity contribution is 0.0696. The van der Waals surface area contributed by atoms with Crippen molar-refractivity contribution in [1.29, 1.82) is 0 Å². The average molecular weight is 299 g/mol. The number of hydrogen-bond donors (Lipinski definition) is 2. The summed E-state index contributed by atoms with van der Waals surface area (Å²) in [7, 11) is 3.29. The number of fused-ring (bicyclic) bond motifs is 1. The van der Waals surface area contributed by atoms with Gasteiger partial charge in [-0.1, -0.05) is 0 Å². The third kappa shape index (κ3) is 1.95. The molecule has 0 spiro atoms. The molecule has 1 aromatic carbocycles. The number of carboxylic acids is 1.